The summed E-state index contributed by atoms with van der Waals surface area (Å²) < 4.78 is 29.9. The molecular weight excluding hydrogens is 475 g/mol. The van der Waals surface area contributed by atoms with Crippen molar-refractivity contribution >= 4 is 11.8 Å². The molecule has 2 amide bonds. The van der Waals surface area contributed by atoms with Gasteiger partial charge in [0.1, 0.15) is 23.9 Å². The maximum absolute atomic E-state index is 13.6. The van der Waals surface area contributed by atoms with Gasteiger partial charge < -0.3 is 23.7 Å². The van der Waals surface area contributed by atoms with Crippen LogP contribution < -0.4 is 9.47 Å². The number of aryl methyl sites for hydroxylation is 1. The fourth-order valence-electron chi connectivity index (χ4n) is 4.00. The second kappa shape index (κ2) is 12.9. The van der Waals surface area contributed by atoms with Crippen LogP contribution in [0.15, 0.2) is 59.0 Å². The molecule has 3 rings (SSSR count). The maximum atomic E-state index is 13.6. The number of carbonyl (C=O) groups excluding carboxylic acids is 2. The average molecular weight is 511 g/mol. The lowest BCUT2D eigenvalue weighted by atomic mass is 10.1. The van der Waals surface area contributed by atoms with Crippen LogP contribution in [0.3, 0.4) is 0 Å². The van der Waals surface area contributed by atoms with Crippen LogP contribution in [0.25, 0.3) is 0 Å². The van der Waals surface area contributed by atoms with Gasteiger partial charge in [0, 0.05) is 18.2 Å². The molecule has 3 aromatic rings. The summed E-state index contributed by atoms with van der Waals surface area (Å²) in [7, 11) is 3.16. The van der Waals surface area contributed by atoms with E-state index in [2.05, 4.69) is 0 Å². The van der Waals surface area contributed by atoms with Crippen LogP contribution in [0, 0.1) is 12.7 Å². The van der Waals surface area contributed by atoms with Gasteiger partial charge in [0.25, 0.3) is 5.91 Å². The molecule has 0 radical (unpaired) electrons. The number of nitrogens with zero attached hydrogens (tertiary/aromatic N) is 2. The number of methoxy groups -OCH3 is 2. The molecule has 0 saturated carbocycles. The number of ether oxygens (including phenoxy) is 2. The van der Waals surface area contributed by atoms with E-state index in [-0.39, 0.29) is 30.9 Å². The SMILES string of the molecule is CC[C@@H](C)N(CC(=O)N(CCc1ccc(OC)c(OC)c1)Cc1ccc(C)o1)C(=O)c1ccc(F)cc1. The Morgan fingerprint density at radius 3 is 2.30 bits per heavy atom. The highest BCUT2D eigenvalue weighted by atomic mass is 19.1. The van der Waals surface area contributed by atoms with Crippen molar-refractivity contribution in [1.82, 2.24) is 9.80 Å². The number of furan rings is 1. The molecule has 0 aliphatic carbocycles. The summed E-state index contributed by atoms with van der Waals surface area (Å²) >= 11 is 0. The minimum atomic E-state index is -0.419. The third kappa shape index (κ3) is 7.35. The number of carbonyl (C=O) groups is 2. The van der Waals surface area contributed by atoms with Gasteiger partial charge in [-0.25, -0.2) is 4.39 Å². The van der Waals surface area contributed by atoms with Crippen LogP contribution >= 0.6 is 0 Å². The molecule has 0 spiro atoms. The first-order chi connectivity index (χ1) is 17.7. The van der Waals surface area contributed by atoms with Crippen LogP contribution in [-0.2, 0) is 17.8 Å². The average Bonchev–Trinajstić information content (AvgIpc) is 3.33. The highest BCUT2D eigenvalue weighted by molar-refractivity contribution is 5.96. The number of hydrogen-bond donors (Lipinski definition) is 0. The molecular formula is C29H35FN2O5. The molecule has 8 heteroatoms. The van der Waals surface area contributed by atoms with Gasteiger partial charge in [-0.1, -0.05) is 13.0 Å². The second-order valence-corrected chi connectivity index (χ2v) is 8.96. The van der Waals surface area contributed by atoms with E-state index in [1.807, 2.05) is 51.1 Å². The quantitative estimate of drug-likeness (QED) is 0.333. The van der Waals surface area contributed by atoms with Crippen molar-refractivity contribution in [3.8, 4) is 11.5 Å². The topological polar surface area (TPSA) is 72.2 Å². The zero-order valence-corrected chi connectivity index (χ0v) is 22.1. The normalized spacial score (nSPS) is 11.6. The Morgan fingerprint density at radius 2 is 1.70 bits per heavy atom. The maximum Gasteiger partial charge on any atom is 0.254 e. The third-order valence-electron chi connectivity index (χ3n) is 6.39. The van der Waals surface area contributed by atoms with Crippen LogP contribution in [0.2, 0.25) is 0 Å². The Bertz CT molecular complexity index is 1190. The van der Waals surface area contributed by atoms with Gasteiger partial charge in [-0.2, -0.15) is 0 Å². The summed E-state index contributed by atoms with van der Waals surface area (Å²) in [5.41, 5.74) is 1.32. The highest BCUT2D eigenvalue weighted by Gasteiger charge is 2.26. The molecule has 2 aromatic carbocycles. The number of hydrogen-bond acceptors (Lipinski definition) is 5. The van der Waals surface area contributed by atoms with E-state index in [0.29, 0.717) is 42.2 Å². The molecule has 0 unspecified atom stereocenters. The molecule has 0 aliphatic rings. The van der Waals surface area contributed by atoms with Gasteiger partial charge in [0.2, 0.25) is 5.91 Å². The zero-order valence-electron chi connectivity index (χ0n) is 22.1. The standard InChI is InChI=1S/C29H35FN2O5/c1-6-20(2)32(29(34)23-9-11-24(30)12-10-23)19-28(33)31(18-25-13-7-21(3)37-25)16-15-22-8-14-26(35-4)27(17-22)36-5/h7-14,17,20H,6,15-16,18-19H2,1-5H3/t20-/m1/s1. The van der Waals surface area contributed by atoms with Gasteiger partial charge in [0.15, 0.2) is 11.5 Å². The van der Waals surface area contributed by atoms with Crippen molar-refractivity contribution in [1.29, 1.82) is 0 Å². The first-order valence-electron chi connectivity index (χ1n) is 12.4. The van der Waals surface area contributed by atoms with E-state index in [4.69, 9.17) is 13.9 Å². The van der Waals surface area contributed by atoms with Crippen molar-refractivity contribution in [2.45, 2.75) is 46.2 Å². The molecule has 1 aromatic heterocycles. The van der Waals surface area contributed by atoms with Gasteiger partial charge in [-0.05, 0) is 80.8 Å². The first-order valence-corrected chi connectivity index (χ1v) is 12.4. The Hall–Kier alpha value is -3.81. The molecule has 7 nitrogen and oxygen atoms in total. The van der Waals surface area contributed by atoms with E-state index < -0.39 is 5.82 Å². The summed E-state index contributed by atoms with van der Waals surface area (Å²) in [6.45, 7) is 6.30. The summed E-state index contributed by atoms with van der Waals surface area (Å²) in [5, 5.41) is 0. The lowest BCUT2D eigenvalue weighted by molar-refractivity contribution is -0.133. The van der Waals surface area contributed by atoms with Crippen LogP contribution in [0.1, 0.15) is 47.7 Å². The molecule has 0 fully saturated rings. The Labute approximate surface area is 217 Å². The van der Waals surface area contributed by atoms with E-state index in [0.717, 1.165) is 11.3 Å². The largest absolute Gasteiger partial charge is 0.493 e. The predicted molar refractivity (Wildman–Crippen MR) is 139 cm³/mol. The fourth-order valence-corrected chi connectivity index (χ4v) is 4.00. The van der Waals surface area contributed by atoms with E-state index in [1.165, 1.54) is 24.3 Å². The Kier molecular flexibility index (Phi) is 9.71. The summed E-state index contributed by atoms with van der Waals surface area (Å²) in [6, 6.07) is 14.6. The van der Waals surface area contributed by atoms with Crippen molar-refractivity contribution < 1.29 is 27.9 Å². The van der Waals surface area contributed by atoms with E-state index in [9.17, 15) is 14.0 Å². The third-order valence-corrected chi connectivity index (χ3v) is 6.39. The summed E-state index contributed by atoms with van der Waals surface area (Å²) in [5.74, 6) is 1.74. The second-order valence-electron chi connectivity index (χ2n) is 8.96. The zero-order chi connectivity index (χ0) is 26.9. The highest BCUT2D eigenvalue weighted by Crippen LogP contribution is 2.28. The Morgan fingerprint density at radius 1 is 1.00 bits per heavy atom. The van der Waals surface area contributed by atoms with Crippen LogP contribution in [-0.4, -0.2) is 55.0 Å². The lowest BCUT2D eigenvalue weighted by Crippen LogP contribution is -2.46. The first kappa shape index (κ1) is 27.8. The molecule has 0 bridgehead atoms. The summed E-state index contributed by atoms with van der Waals surface area (Å²) in [4.78, 5) is 30.1. The lowest BCUT2D eigenvalue weighted by Gasteiger charge is -2.31. The fraction of sp³-hybridized carbons (Fsp3) is 0.379. The minimum absolute atomic E-state index is 0.100. The van der Waals surface area contributed by atoms with E-state index in [1.54, 1.807) is 24.0 Å². The molecule has 0 N–H and O–H groups in total. The van der Waals surface area contributed by atoms with Gasteiger partial charge in [0.05, 0.1) is 20.8 Å². The number of rotatable bonds is 12. The molecule has 198 valence electrons. The summed E-state index contributed by atoms with van der Waals surface area (Å²) in [6.07, 6.45) is 1.24. The molecule has 0 aliphatic heterocycles. The Balaban J connectivity index is 1.81. The predicted octanol–water partition coefficient (Wildman–Crippen LogP) is 5.26. The molecule has 0 saturated heterocycles. The monoisotopic (exact) mass is 510 g/mol. The van der Waals surface area contributed by atoms with Gasteiger partial charge in [-0.3, -0.25) is 9.59 Å². The van der Waals surface area contributed by atoms with Gasteiger partial charge in [-0.15, -0.1) is 0 Å². The van der Waals surface area contributed by atoms with Crippen molar-refractivity contribution in [3.05, 3.63) is 83.1 Å². The number of benzene rings is 2. The van der Waals surface area contributed by atoms with Crippen LogP contribution in [0.4, 0.5) is 4.39 Å². The molecule has 1 heterocycles. The van der Waals surface area contributed by atoms with Crippen molar-refractivity contribution in [2.75, 3.05) is 27.3 Å². The minimum Gasteiger partial charge on any atom is -0.493 e. The number of amides is 2. The van der Waals surface area contributed by atoms with E-state index >= 15 is 0 Å². The number of halogens is 1. The molecule has 1 atom stereocenters. The smallest absolute Gasteiger partial charge is 0.254 e. The van der Waals surface area contributed by atoms with Crippen molar-refractivity contribution in [2.24, 2.45) is 0 Å². The molecule has 37 heavy (non-hydrogen) atoms. The van der Waals surface area contributed by atoms with Gasteiger partial charge >= 0.3 is 0 Å². The van der Waals surface area contributed by atoms with Crippen LogP contribution in [0.5, 0.6) is 11.5 Å². The van der Waals surface area contributed by atoms with Crippen molar-refractivity contribution in [3.63, 3.8) is 0 Å².